The molecule has 0 aromatic rings. The Morgan fingerprint density at radius 3 is 0.228 bits per heavy atom. The summed E-state index contributed by atoms with van der Waals surface area (Å²) in [6, 6.07) is 0. The molecular weight excluding hydrogens is 2470 g/mol. The summed E-state index contributed by atoms with van der Waals surface area (Å²) in [5, 5.41) is 0. The van der Waals surface area contributed by atoms with Crippen molar-refractivity contribution in [2.24, 2.45) is 0 Å². The van der Waals surface area contributed by atoms with E-state index < -0.39 is 314 Å². The SMILES string of the molecule is O=P(OCCC(F)(F)C(F)(F)C(F)(F)C(F)(F)C(F)(F)C(F)(F)C(F)(F)C(F)(F)C(F)(F)C(F)(F)C(F)(F)C(F)(F)C(F)(F)C(F)(F)C(F)(F)F)(OCCC(F)(F)C(F)(F)C(F)(F)C(F)(F)C(F)(F)C(F)(F)C(F)(F)C(F)(F)C(F)(F)C(F)(F)C(F)(F)C(F)(F)C(F)(F)C(F)(F)C(F)(F)F)OCCC(F)(F)C(F)(F)C(F)(F)C(F)(F)C(F)(F)C(F)(F)C(F)(F)C(F)(F)C(F)(F)C(F)(F)C(F)(F)C(F)(F)C(F)(F)C(F)(F)C(F)(F)F. The maximum atomic E-state index is 14.9. The second kappa shape index (κ2) is 36.1. The number of phosphoric ester groups is 1. The average Bonchev–Trinajstić information content (AvgIpc) is 0.677. The third-order valence-electron chi connectivity index (χ3n) is 18.6. The van der Waals surface area contributed by atoms with Gasteiger partial charge in [-0.1, -0.05) is 0 Å². The summed E-state index contributed by atoms with van der Waals surface area (Å²) in [6.45, 7) is -14.2. The first-order valence-electron chi connectivity index (χ1n) is 32.2. The highest BCUT2D eigenvalue weighted by atomic mass is 31.2. The summed E-state index contributed by atoms with van der Waals surface area (Å²) >= 11 is 0. The average molecular weight is 2490 g/mol. The van der Waals surface area contributed by atoms with Crippen LogP contribution in [0.15, 0.2) is 0 Å². The molecule has 0 fully saturated rings. The molecule has 0 aliphatic rings. The Labute approximate surface area is 741 Å². The summed E-state index contributed by atoms with van der Waals surface area (Å²) in [5.41, 5.74) is 0. The molecule has 0 aliphatic heterocycles. The second-order valence-corrected chi connectivity index (χ2v) is 29.9. The van der Waals surface area contributed by atoms with E-state index in [0.717, 1.165) is 0 Å². The lowest BCUT2D eigenvalue weighted by atomic mass is 9.83. The molecule has 149 heavy (non-hydrogen) atoms. The second-order valence-electron chi connectivity index (χ2n) is 28.2. The minimum atomic E-state index is -11.0. The van der Waals surface area contributed by atoms with Crippen molar-refractivity contribution in [1.82, 2.24) is 0 Å². The van der Waals surface area contributed by atoms with Crippen LogP contribution in [0.1, 0.15) is 19.3 Å². The van der Waals surface area contributed by atoms with Gasteiger partial charge in [0, 0.05) is 19.3 Å². The maximum absolute atomic E-state index is 14.9. The number of halogens is 93. The van der Waals surface area contributed by atoms with Gasteiger partial charge in [0.05, 0.1) is 19.8 Å². The van der Waals surface area contributed by atoms with Crippen molar-refractivity contribution in [1.29, 1.82) is 0 Å². The van der Waals surface area contributed by atoms with Gasteiger partial charge in [0.2, 0.25) is 0 Å². The Balaban J connectivity index is 9.16. The van der Waals surface area contributed by atoms with Crippen LogP contribution in [0, 0.1) is 0 Å². The Hall–Kier alpha value is -6.40. The van der Waals surface area contributed by atoms with E-state index in [4.69, 9.17) is 0 Å². The molecule has 0 rings (SSSR count). The summed E-state index contributed by atoms with van der Waals surface area (Å²) in [4.78, 5) is 0. The fourth-order valence-corrected chi connectivity index (χ4v) is 10.3. The number of alkyl halides is 93. The van der Waals surface area contributed by atoms with Crippen LogP contribution in [-0.4, -0.2) is 287 Å². The van der Waals surface area contributed by atoms with Crippen molar-refractivity contribution in [3.8, 4) is 0 Å². The van der Waals surface area contributed by atoms with Crippen molar-refractivity contribution in [3.05, 3.63) is 0 Å². The highest BCUT2D eigenvalue weighted by Gasteiger charge is 3.08. The van der Waals surface area contributed by atoms with E-state index in [0.29, 0.717) is 0 Å². The molecule has 0 aromatic heterocycles. The van der Waals surface area contributed by atoms with Crippen LogP contribution in [0.25, 0.3) is 0 Å². The molecule has 98 heteroatoms. The molecule has 0 bridgehead atoms. The van der Waals surface area contributed by atoms with E-state index >= 15 is 0 Å². The van der Waals surface area contributed by atoms with Gasteiger partial charge in [0.15, 0.2) is 0 Å². The smallest absolute Gasteiger partial charge is 0.287 e. The molecule has 0 aromatic carbocycles. The van der Waals surface area contributed by atoms with Crippen molar-refractivity contribution >= 4 is 7.82 Å². The van der Waals surface area contributed by atoms with Gasteiger partial charge in [0.1, 0.15) is 0 Å². The summed E-state index contributed by atoms with van der Waals surface area (Å²) in [6.07, 6.45) is -42.2. The molecule has 0 atom stereocenters. The van der Waals surface area contributed by atoms with Crippen LogP contribution in [0.5, 0.6) is 0 Å². The Kier molecular flexibility index (Phi) is 34.5. The largest absolute Gasteiger partial charge is 0.474 e. The van der Waals surface area contributed by atoms with Crippen LogP contribution < -0.4 is 0 Å². The lowest BCUT2D eigenvalue weighted by Crippen LogP contribution is -2.79. The number of phosphoric acid groups is 1. The van der Waals surface area contributed by atoms with E-state index in [2.05, 4.69) is 13.6 Å². The Morgan fingerprint density at radius 1 is 0.101 bits per heavy atom. The van der Waals surface area contributed by atoms with Crippen LogP contribution in [0.3, 0.4) is 0 Å². The van der Waals surface area contributed by atoms with Crippen LogP contribution in [0.2, 0.25) is 0 Å². The van der Waals surface area contributed by atoms with E-state index in [-0.39, 0.29) is 0 Å². The molecule has 896 valence electrons. The first kappa shape index (κ1) is 143. The molecule has 0 aliphatic carbocycles. The molecule has 0 N–H and O–H groups in total. The highest BCUT2D eigenvalue weighted by molar-refractivity contribution is 7.48. The van der Waals surface area contributed by atoms with E-state index in [9.17, 15) is 413 Å². The topological polar surface area (TPSA) is 44.8 Å². The number of hydrogen-bond acceptors (Lipinski definition) is 4. The summed E-state index contributed by atoms with van der Waals surface area (Å²) in [7, 11) is -9.13. The lowest BCUT2D eigenvalue weighted by Gasteiger charge is -2.46. The third kappa shape index (κ3) is 17.6. The van der Waals surface area contributed by atoms with E-state index in [1.165, 1.54) is 0 Å². The van der Waals surface area contributed by atoms with Crippen molar-refractivity contribution < 1.29 is 426 Å². The fraction of sp³-hybridized carbons (Fsp3) is 1.00. The molecule has 0 saturated carbocycles. The Morgan fingerprint density at radius 2 is 0.161 bits per heavy atom. The molecule has 0 unspecified atom stereocenters. The molecule has 4 nitrogen and oxygen atoms in total. The summed E-state index contributed by atoms with van der Waals surface area (Å²) < 4.78 is 1330. The molecular formula is C51H12F93O4P. The van der Waals surface area contributed by atoms with Gasteiger partial charge in [-0.3, -0.25) is 13.6 Å². The standard InChI is InChI=1S/C51H12F93O4P/c52-7(53,10(58,59)13(64,65)16(70,71)19(76,77)22(82,83)25(88,89)28(94,95)31(100,101)34(106,107)37(112,113)40(118,119)43(124,125)46(130,131)49(136,137)138)1-4-146-149(145,147-5-2-8(54,55)11(60,61)14(66,67)17(72,73)20(78,79)23(84,85)26(90,91)29(96,97)32(102,103)35(108,109)38(114,115)41(120,121)44(126,127)47(132,133)50(139,140)141)148-6-3-9(56,57)12(62,63)15(68,69)18(74,75)21(80,81)24(86,87)27(92,93)30(98,99)33(104,105)36(110,111)39(116,117)42(122,123)45(128,129)48(134,135)51(142,143)144/h1-6H2. The third-order valence-corrected chi connectivity index (χ3v) is 20.1. The number of hydrogen-bond donors (Lipinski definition) is 0. The fourth-order valence-electron chi connectivity index (χ4n) is 9.17. The van der Waals surface area contributed by atoms with Crippen molar-refractivity contribution in [3.63, 3.8) is 0 Å². The summed E-state index contributed by atoms with van der Waals surface area (Å²) in [5.74, 6) is -436. The van der Waals surface area contributed by atoms with Crippen LogP contribution in [-0.2, 0) is 18.1 Å². The Bertz CT molecular complexity index is 4240. The van der Waals surface area contributed by atoms with Crippen LogP contribution >= 0.6 is 7.82 Å². The molecule has 0 spiro atoms. The molecule has 0 saturated heterocycles. The van der Waals surface area contributed by atoms with Crippen LogP contribution in [0.4, 0.5) is 408 Å². The van der Waals surface area contributed by atoms with E-state index in [1.807, 2.05) is 0 Å². The van der Waals surface area contributed by atoms with Gasteiger partial charge in [-0.05, 0) is 0 Å². The zero-order valence-electron chi connectivity index (χ0n) is 64.0. The maximum Gasteiger partial charge on any atom is 0.474 e. The zero-order chi connectivity index (χ0) is 123. The minimum Gasteiger partial charge on any atom is -0.287 e. The number of rotatable bonds is 51. The van der Waals surface area contributed by atoms with Gasteiger partial charge in [-0.25, -0.2) is 4.57 Å². The molecule has 0 heterocycles. The minimum absolute atomic E-state index is 2.54. The molecule has 0 radical (unpaired) electrons. The van der Waals surface area contributed by atoms with E-state index in [1.54, 1.807) is 0 Å². The van der Waals surface area contributed by atoms with Crippen molar-refractivity contribution in [2.75, 3.05) is 19.8 Å². The zero-order valence-corrected chi connectivity index (χ0v) is 64.9. The molecule has 0 amide bonds. The monoisotopic (exact) mass is 2490 g/mol. The first-order chi connectivity index (χ1) is 62.6. The van der Waals surface area contributed by atoms with Gasteiger partial charge in [0.25, 0.3) is 0 Å². The predicted octanol–water partition coefficient (Wildman–Crippen LogP) is 31.7. The van der Waals surface area contributed by atoms with Gasteiger partial charge in [-0.2, -0.15) is 408 Å². The van der Waals surface area contributed by atoms with Gasteiger partial charge < -0.3 is 0 Å². The normalized spacial score (nSPS) is 17.4. The predicted molar refractivity (Wildman–Crippen MR) is 265 cm³/mol. The highest BCUT2D eigenvalue weighted by Crippen LogP contribution is 2.77. The first-order valence-corrected chi connectivity index (χ1v) is 33.7. The van der Waals surface area contributed by atoms with Crippen molar-refractivity contribution in [2.45, 2.75) is 287 Å². The lowest BCUT2D eigenvalue weighted by molar-refractivity contribution is -0.489. The quantitative estimate of drug-likeness (QED) is 0.0450. The van der Waals surface area contributed by atoms with Gasteiger partial charge >= 0.3 is 275 Å². The van der Waals surface area contributed by atoms with Gasteiger partial charge in [-0.15, -0.1) is 0 Å².